The number of hydrogen-bond acceptors (Lipinski definition) is 0. The molecule has 0 heterocycles. The first-order valence-corrected chi connectivity index (χ1v) is 10.0. The standard InChI is InChI=1S/C26H26/c1-3-6-18-10-12-21-22-11-9-17(2)15-25(22)23-14-13-20(19-7-4-5-8-19)26(23)16-24(18)21/h4-5,7,9-15,23-24H,3,6,8,16H2,1-2H3. The van der Waals surface area contributed by atoms with Crippen LogP contribution in [-0.4, -0.2) is 0 Å². The van der Waals surface area contributed by atoms with E-state index in [1.165, 1.54) is 47.1 Å². The lowest BCUT2D eigenvalue weighted by Crippen LogP contribution is -2.05. The highest BCUT2D eigenvalue weighted by atomic mass is 14.4. The van der Waals surface area contributed by atoms with Crippen LogP contribution >= 0.6 is 0 Å². The maximum Gasteiger partial charge on any atom is 0.0247 e. The average Bonchev–Trinajstić information content (AvgIpc) is 3.35. The summed E-state index contributed by atoms with van der Waals surface area (Å²) in [5.41, 5.74) is 12.2. The van der Waals surface area contributed by atoms with E-state index in [4.69, 9.17) is 0 Å². The lowest BCUT2D eigenvalue weighted by Gasteiger charge is -2.20. The Morgan fingerprint density at radius 3 is 2.85 bits per heavy atom. The van der Waals surface area contributed by atoms with E-state index in [-0.39, 0.29) is 0 Å². The summed E-state index contributed by atoms with van der Waals surface area (Å²) in [5, 5.41) is 0. The molecule has 0 aromatic heterocycles. The van der Waals surface area contributed by atoms with Gasteiger partial charge in [0, 0.05) is 11.8 Å². The van der Waals surface area contributed by atoms with Crippen LogP contribution in [0.4, 0.5) is 0 Å². The first-order valence-electron chi connectivity index (χ1n) is 10.0. The van der Waals surface area contributed by atoms with E-state index in [0.717, 1.165) is 6.42 Å². The minimum Gasteiger partial charge on any atom is -0.0801 e. The third kappa shape index (κ3) is 2.35. The molecule has 1 aromatic carbocycles. The van der Waals surface area contributed by atoms with Crippen LogP contribution in [0.5, 0.6) is 0 Å². The summed E-state index contributed by atoms with van der Waals surface area (Å²) in [7, 11) is 0. The van der Waals surface area contributed by atoms with Gasteiger partial charge in [-0.15, -0.1) is 0 Å². The highest BCUT2D eigenvalue weighted by Crippen LogP contribution is 2.52. The van der Waals surface area contributed by atoms with Gasteiger partial charge in [0.1, 0.15) is 0 Å². The lowest BCUT2D eigenvalue weighted by atomic mass is 9.84. The van der Waals surface area contributed by atoms with Crippen molar-refractivity contribution in [2.75, 3.05) is 0 Å². The van der Waals surface area contributed by atoms with E-state index in [0.29, 0.717) is 11.8 Å². The normalized spacial score (nSPS) is 25.5. The maximum atomic E-state index is 2.45. The molecule has 0 saturated carbocycles. The van der Waals surface area contributed by atoms with Crippen molar-refractivity contribution >= 4 is 5.57 Å². The van der Waals surface area contributed by atoms with E-state index < -0.39 is 0 Å². The van der Waals surface area contributed by atoms with Crippen molar-refractivity contribution in [3.8, 4) is 0 Å². The van der Waals surface area contributed by atoms with Crippen molar-refractivity contribution in [1.29, 1.82) is 0 Å². The molecular formula is C26H26. The van der Waals surface area contributed by atoms with Gasteiger partial charge in [0.05, 0.1) is 0 Å². The van der Waals surface area contributed by atoms with Crippen LogP contribution in [-0.2, 0) is 0 Å². The number of allylic oxidation sites excluding steroid dienone is 12. The molecule has 4 aliphatic rings. The van der Waals surface area contributed by atoms with E-state index in [1.54, 1.807) is 16.7 Å². The van der Waals surface area contributed by atoms with Crippen molar-refractivity contribution in [1.82, 2.24) is 0 Å². The van der Waals surface area contributed by atoms with E-state index in [2.05, 4.69) is 74.6 Å². The Morgan fingerprint density at radius 2 is 2.04 bits per heavy atom. The second-order valence-electron chi connectivity index (χ2n) is 8.06. The summed E-state index contributed by atoms with van der Waals surface area (Å²) in [5.74, 6) is 1.03. The molecule has 1 aromatic rings. The zero-order valence-corrected chi connectivity index (χ0v) is 15.8. The summed E-state index contributed by atoms with van der Waals surface area (Å²) in [4.78, 5) is 0. The Hall–Kier alpha value is -2.34. The number of hydrogen-bond donors (Lipinski definition) is 0. The fraction of sp³-hybridized carbons (Fsp3) is 0.308. The van der Waals surface area contributed by atoms with Gasteiger partial charge in [-0.1, -0.05) is 90.8 Å². The summed E-state index contributed by atoms with van der Waals surface area (Å²) in [6.45, 7) is 4.52. The monoisotopic (exact) mass is 338 g/mol. The predicted octanol–water partition coefficient (Wildman–Crippen LogP) is 6.97. The van der Waals surface area contributed by atoms with Crippen LogP contribution in [0.25, 0.3) is 5.57 Å². The zero-order chi connectivity index (χ0) is 17.7. The summed E-state index contributed by atoms with van der Waals surface area (Å²) < 4.78 is 0. The Bertz CT molecular complexity index is 956. The molecule has 0 bridgehead atoms. The van der Waals surface area contributed by atoms with Crippen LogP contribution in [0.3, 0.4) is 0 Å². The Kier molecular flexibility index (Phi) is 3.74. The van der Waals surface area contributed by atoms with E-state index in [1.807, 2.05) is 0 Å². The largest absolute Gasteiger partial charge is 0.0801 e. The van der Waals surface area contributed by atoms with Gasteiger partial charge < -0.3 is 0 Å². The van der Waals surface area contributed by atoms with Crippen LogP contribution in [0.15, 0.2) is 83.0 Å². The molecule has 0 saturated heterocycles. The minimum absolute atomic E-state index is 0.454. The molecular weight excluding hydrogens is 312 g/mol. The molecule has 0 spiro atoms. The Morgan fingerprint density at radius 1 is 1.12 bits per heavy atom. The quantitative estimate of drug-likeness (QED) is 0.558. The van der Waals surface area contributed by atoms with Gasteiger partial charge in [-0.3, -0.25) is 0 Å². The molecule has 130 valence electrons. The van der Waals surface area contributed by atoms with Crippen LogP contribution < -0.4 is 0 Å². The third-order valence-electron chi connectivity index (χ3n) is 6.41. The fourth-order valence-electron chi connectivity index (χ4n) is 5.19. The van der Waals surface area contributed by atoms with Gasteiger partial charge in [0.25, 0.3) is 0 Å². The molecule has 0 aliphatic heterocycles. The maximum absolute atomic E-state index is 2.45. The summed E-state index contributed by atoms with van der Waals surface area (Å²) in [6, 6.07) is 7.08. The van der Waals surface area contributed by atoms with Crippen molar-refractivity contribution < 1.29 is 0 Å². The van der Waals surface area contributed by atoms with Gasteiger partial charge in [-0.05, 0) is 54.0 Å². The number of benzene rings is 1. The zero-order valence-electron chi connectivity index (χ0n) is 15.8. The molecule has 0 N–H and O–H groups in total. The van der Waals surface area contributed by atoms with Gasteiger partial charge in [-0.25, -0.2) is 0 Å². The van der Waals surface area contributed by atoms with E-state index in [9.17, 15) is 0 Å². The molecule has 26 heavy (non-hydrogen) atoms. The summed E-state index contributed by atoms with van der Waals surface area (Å²) in [6.07, 6.45) is 21.2. The fourth-order valence-corrected chi connectivity index (χ4v) is 5.19. The highest BCUT2D eigenvalue weighted by Gasteiger charge is 2.36. The molecule has 0 fully saturated rings. The van der Waals surface area contributed by atoms with Gasteiger partial charge in [-0.2, -0.15) is 0 Å². The van der Waals surface area contributed by atoms with Crippen molar-refractivity contribution in [3.63, 3.8) is 0 Å². The predicted molar refractivity (Wildman–Crippen MR) is 111 cm³/mol. The van der Waals surface area contributed by atoms with Crippen LogP contribution in [0.1, 0.15) is 55.2 Å². The lowest BCUT2D eigenvalue weighted by molar-refractivity contribution is 0.704. The molecule has 0 amide bonds. The van der Waals surface area contributed by atoms with Crippen molar-refractivity contribution in [3.05, 3.63) is 99.7 Å². The first kappa shape index (κ1) is 15.9. The number of fused-ring (bicyclic) bond motifs is 5. The molecule has 2 atom stereocenters. The number of aryl methyl sites for hydroxylation is 1. The highest BCUT2D eigenvalue weighted by molar-refractivity contribution is 5.80. The third-order valence-corrected chi connectivity index (χ3v) is 6.41. The second kappa shape index (κ2) is 6.13. The SMILES string of the molecule is CCCC1=CC=C2c3ccc(C)cc3C3C=CC(C4=CC=CC4)=C3CC12. The topological polar surface area (TPSA) is 0 Å². The van der Waals surface area contributed by atoms with Crippen LogP contribution in [0, 0.1) is 12.8 Å². The van der Waals surface area contributed by atoms with Crippen molar-refractivity contribution in [2.45, 2.75) is 45.4 Å². The van der Waals surface area contributed by atoms with Crippen molar-refractivity contribution in [2.24, 2.45) is 5.92 Å². The second-order valence-corrected chi connectivity index (χ2v) is 8.06. The van der Waals surface area contributed by atoms with Crippen LogP contribution in [0.2, 0.25) is 0 Å². The molecule has 0 nitrogen and oxygen atoms in total. The summed E-state index contributed by atoms with van der Waals surface area (Å²) >= 11 is 0. The molecule has 5 rings (SSSR count). The molecule has 2 unspecified atom stereocenters. The number of rotatable bonds is 3. The average molecular weight is 338 g/mol. The van der Waals surface area contributed by atoms with Gasteiger partial charge in [0.2, 0.25) is 0 Å². The van der Waals surface area contributed by atoms with Gasteiger partial charge >= 0.3 is 0 Å². The smallest absolute Gasteiger partial charge is 0.0247 e. The molecule has 0 heteroatoms. The Labute approximate surface area is 157 Å². The first-order chi connectivity index (χ1) is 12.8. The minimum atomic E-state index is 0.454. The molecule has 4 aliphatic carbocycles. The molecule has 0 radical (unpaired) electrons. The Balaban J connectivity index is 1.68. The van der Waals surface area contributed by atoms with E-state index >= 15 is 0 Å². The van der Waals surface area contributed by atoms with Gasteiger partial charge in [0.15, 0.2) is 0 Å².